The van der Waals surface area contributed by atoms with Crippen LogP contribution >= 0.6 is 12.2 Å². The van der Waals surface area contributed by atoms with Crippen LogP contribution in [-0.2, 0) is 4.74 Å². The Morgan fingerprint density at radius 1 is 1.46 bits per heavy atom. The molecule has 128 valence electrons. The van der Waals surface area contributed by atoms with Gasteiger partial charge < -0.3 is 19.5 Å². The van der Waals surface area contributed by atoms with E-state index in [2.05, 4.69) is 15.8 Å². The Kier molecular flexibility index (Phi) is 5.06. The van der Waals surface area contributed by atoms with Gasteiger partial charge in [-0.3, -0.25) is 15.5 Å². The molecule has 1 fully saturated rings. The minimum absolute atomic E-state index is 0.0442. The van der Waals surface area contributed by atoms with E-state index in [9.17, 15) is 10.1 Å². The zero-order chi connectivity index (χ0) is 16.9. The molecule has 2 heterocycles. The van der Waals surface area contributed by atoms with E-state index < -0.39 is 4.92 Å². The average Bonchev–Trinajstić information content (AvgIpc) is 3.23. The molecule has 24 heavy (non-hydrogen) atoms. The van der Waals surface area contributed by atoms with Crippen molar-refractivity contribution in [3.63, 3.8) is 0 Å². The van der Waals surface area contributed by atoms with Gasteiger partial charge in [-0.25, -0.2) is 0 Å². The third kappa shape index (κ3) is 3.89. The second-order valence-corrected chi connectivity index (χ2v) is 5.64. The first-order valence-corrected chi connectivity index (χ1v) is 7.81. The molecule has 0 amide bonds. The van der Waals surface area contributed by atoms with E-state index in [0.717, 1.165) is 19.4 Å². The van der Waals surface area contributed by atoms with E-state index in [1.54, 1.807) is 0 Å². The summed E-state index contributed by atoms with van der Waals surface area (Å²) >= 11 is 5.10. The van der Waals surface area contributed by atoms with Crippen molar-refractivity contribution < 1.29 is 19.1 Å². The summed E-state index contributed by atoms with van der Waals surface area (Å²) in [5, 5.41) is 18.4. The lowest BCUT2D eigenvalue weighted by molar-refractivity contribution is -0.385. The Bertz CT molecular complexity index is 675. The summed E-state index contributed by atoms with van der Waals surface area (Å²) in [4.78, 5) is 10.6. The number of thiocarbonyl (C=S) groups is 1. The van der Waals surface area contributed by atoms with Crippen LogP contribution in [0.1, 0.15) is 18.4 Å². The number of hydrogen-bond acceptors (Lipinski definition) is 7. The minimum atomic E-state index is -0.503. The predicted octanol–water partition coefficient (Wildman–Crippen LogP) is 1.30. The summed E-state index contributed by atoms with van der Waals surface area (Å²) in [7, 11) is 0. The summed E-state index contributed by atoms with van der Waals surface area (Å²) in [6, 6.07) is 2.83. The molecule has 2 aliphatic heterocycles. The van der Waals surface area contributed by atoms with Crippen LogP contribution in [0.2, 0.25) is 0 Å². The lowest BCUT2D eigenvalue weighted by Gasteiger charge is -2.11. The normalized spacial score (nSPS) is 18.8. The Morgan fingerprint density at radius 2 is 2.25 bits per heavy atom. The highest BCUT2D eigenvalue weighted by Crippen LogP contribution is 2.37. The molecule has 3 rings (SSSR count). The van der Waals surface area contributed by atoms with E-state index in [1.807, 2.05) is 0 Å². The van der Waals surface area contributed by atoms with E-state index in [0.29, 0.717) is 28.7 Å². The standard InChI is InChI=1S/C14H16N4O5S/c19-18(20)11-5-13-12(22-8-23-13)4-9(11)6-16-17-14(24)15-7-10-2-1-3-21-10/h4-6,10H,1-3,7-8H2,(H2,15,17,24). The van der Waals surface area contributed by atoms with Crippen LogP contribution < -0.4 is 20.2 Å². The molecule has 0 aromatic heterocycles. The number of benzene rings is 1. The van der Waals surface area contributed by atoms with Gasteiger partial charge >= 0.3 is 0 Å². The first-order chi connectivity index (χ1) is 11.6. The smallest absolute Gasteiger partial charge is 0.282 e. The fourth-order valence-corrected chi connectivity index (χ4v) is 2.56. The van der Waals surface area contributed by atoms with Gasteiger partial charge in [-0.15, -0.1) is 0 Å². The largest absolute Gasteiger partial charge is 0.454 e. The quantitative estimate of drug-likeness (QED) is 0.353. The molecule has 0 bridgehead atoms. The lowest BCUT2D eigenvalue weighted by atomic mass is 10.1. The third-order valence-corrected chi connectivity index (χ3v) is 3.84. The van der Waals surface area contributed by atoms with Crippen molar-refractivity contribution >= 4 is 29.2 Å². The van der Waals surface area contributed by atoms with Crippen molar-refractivity contribution in [3.8, 4) is 11.5 Å². The molecule has 2 aliphatic rings. The molecule has 0 aliphatic carbocycles. The SMILES string of the molecule is O=[N+]([O-])c1cc2c(cc1C=NNC(=S)NCC1CCCO1)OCO2. The Hall–Kier alpha value is -2.46. The van der Waals surface area contributed by atoms with Gasteiger partial charge in [-0.1, -0.05) is 0 Å². The summed E-state index contributed by atoms with van der Waals surface area (Å²) in [5.41, 5.74) is 2.80. The fourth-order valence-electron chi connectivity index (χ4n) is 2.42. The third-order valence-electron chi connectivity index (χ3n) is 3.60. The second-order valence-electron chi connectivity index (χ2n) is 5.24. The van der Waals surface area contributed by atoms with E-state index >= 15 is 0 Å². The highest BCUT2D eigenvalue weighted by Gasteiger charge is 2.22. The van der Waals surface area contributed by atoms with Gasteiger partial charge in [0, 0.05) is 13.2 Å². The number of nitrogens with one attached hydrogen (secondary N) is 2. The highest BCUT2D eigenvalue weighted by atomic mass is 32.1. The van der Waals surface area contributed by atoms with Gasteiger partial charge in [0.15, 0.2) is 16.6 Å². The van der Waals surface area contributed by atoms with Crippen LogP contribution in [-0.4, -0.2) is 42.3 Å². The number of hydrazone groups is 1. The Labute approximate surface area is 143 Å². The maximum Gasteiger partial charge on any atom is 0.282 e. The van der Waals surface area contributed by atoms with Crippen LogP contribution in [0.25, 0.3) is 0 Å². The molecule has 1 aromatic carbocycles. The molecule has 0 radical (unpaired) electrons. The molecule has 1 unspecified atom stereocenters. The van der Waals surface area contributed by atoms with Crippen molar-refractivity contribution in [1.82, 2.24) is 10.7 Å². The van der Waals surface area contributed by atoms with Crippen molar-refractivity contribution in [1.29, 1.82) is 0 Å². The molecule has 10 heteroatoms. The molecule has 9 nitrogen and oxygen atoms in total. The van der Waals surface area contributed by atoms with E-state index in [1.165, 1.54) is 18.3 Å². The molecule has 0 spiro atoms. The maximum atomic E-state index is 11.1. The van der Waals surface area contributed by atoms with E-state index in [-0.39, 0.29) is 18.6 Å². The number of nitrogens with zero attached hydrogens (tertiary/aromatic N) is 2. The zero-order valence-corrected chi connectivity index (χ0v) is 13.5. The van der Waals surface area contributed by atoms with Crippen LogP contribution in [0.4, 0.5) is 5.69 Å². The molecule has 0 saturated carbocycles. The van der Waals surface area contributed by atoms with Gasteiger partial charge in [0.25, 0.3) is 5.69 Å². The van der Waals surface area contributed by atoms with Crippen molar-refractivity contribution in [2.24, 2.45) is 5.10 Å². The van der Waals surface area contributed by atoms with Gasteiger partial charge in [-0.2, -0.15) is 5.10 Å². The number of rotatable bonds is 5. The van der Waals surface area contributed by atoms with Crippen LogP contribution in [0.15, 0.2) is 17.2 Å². The second kappa shape index (κ2) is 7.41. The first-order valence-electron chi connectivity index (χ1n) is 7.40. The summed E-state index contributed by atoms with van der Waals surface area (Å²) in [6.45, 7) is 1.42. The molecular weight excluding hydrogens is 336 g/mol. The highest BCUT2D eigenvalue weighted by molar-refractivity contribution is 7.80. The Balaban J connectivity index is 1.59. The van der Waals surface area contributed by atoms with Crippen LogP contribution in [0.5, 0.6) is 11.5 Å². The van der Waals surface area contributed by atoms with Gasteiger partial charge in [0.05, 0.1) is 28.9 Å². The average molecular weight is 352 g/mol. The summed E-state index contributed by atoms with van der Waals surface area (Å²) in [6.07, 6.45) is 3.53. The lowest BCUT2D eigenvalue weighted by Crippen LogP contribution is -2.37. The number of nitro groups is 1. The molecule has 1 atom stereocenters. The van der Waals surface area contributed by atoms with Gasteiger partial charge in [0.2, 0.25) is 6.79 Å². The minimum Gasteiger partial charge on any atom is -0.454 e. The van der Waals surface area contributed by atoms with Crippen molar-refractivity contribution in [2.45, 2.75) is 18.9 Å². The topological polar surface area (TPSA) is 107 Å². The monoisotopic (exact) mass is 352 g/mol. The molecular formula is C14H16N4O5S. The Morgan fingerprint density at radius 3 is 2.96 bits per heavy atom. The first kappa shape index (κ1) is 16.4. The van der Waals surface area contributed by atoms with Crippen molar-refractivity contribution in [2.75, 3.05) is 19.9 Å². The molecule has 1 aromatic rings. The number of ether oxygens (including phenoxy) is 3. The number of hydrogen-bond donors (Lipinski definition) is 2. The maximum absolute atomic E-state index is 11.1. The van der Waals surface area contributed by atoms with Gasteiger partial charge in [0.1, 0.15) is 0 Å². The van der Waals surface area contributed by atoms with Crippen LogP contribution in [0, 0.1) is 10.1 Å². The predicted molar refractivity (Wildman–Crippen MR) is 89.5 cm³/mol. The zero-order valence-electron chi connectivity index (χ0n) is 12.7. The molecule has 2 N–H and O–H groups in total. The number of fused-ring (bicyclic) bond motifs is 1. The summed E-state index contributed by atoms with van der Waals surface area (Å²) < 4.78 is 15.8. The van der Waals surface area contributed by atoms with Crippen LogP contribution in [0.3, 0.4) is 0 Å². The van der Waals surface area contributed by atoms with Gasteiger partial charge in [-0.05, 0) is 31.1 Å². The molecule has 1 saturated heterocycles. The van der Waals surface area contributed by atoms with Crippen molar-refractivity contribution in [3.05, 3.63) is 27.8 Å². The summed E-state index contributed by atoms with van der Waals surface area (Å²) in [5.74, 6) is 0.793. The fraction of sp³-hybridized carbons (Fsp3) is 0.429. The van der Waals surface area contributed by atoms with E-state index in [4.69, 9.17) is 26.4 Å². The number of nitro benzene ring substituents is 1.